The van der Waals surface area contributed by atoms with E-state index < -0.39 is 0 Å². The number of hydrogen-bond acceptors (Lipinski definition) is 2. The smallest absolute Gasteiger partial charge is 0.0441 e. The van der Waals surface area contributed by atoms with Gasteiger partial charge in [0, 0.05) is 33.9 Å². The van der Waals surface area contributed by atoms with Crippen LogP contribution in [0.25, 0.3) is 0 Å². The van der Waals surface area contributed by atoms with Gasteiger partial charge in [0.05, 0.1) is 0 Å². The third kappa shape index (κ3) is 3.49. The molecule has 0 saturated carbocycles. The fourth-order valence-electron chi connectivity index (χ4n) is 4.01. The van der Waals surface area contributed by atoms with E-state index >= 15 is 0 Å². The molecule has 0 aromatic heterocycles. The molecule has 2 atom stereocenters. The van der Waals surface area contributed by atoms with Crippen molar-refractivity contribution in [1.82, 2.24) is 5.32 Å². The number of nitrogens with zero attached hydrogens (tertiary/aromatic N) is 1. The molecule has 3 rings (SSSR count). The lowest BCUT2D eigenvalue weighted by Crippen LogP contribution is -2.56. The molecule has 4 heteroatoms. The number of rotatable bonds is 4. The number of benzene rings is 1. The van der Waals surface area contributed by atoms with E-state index in [0.29, 0.717) is 18.1 Å². The summed E-state index contributed by atoms with van der Waals surface area (Å²) in [5.74, 6) is 0. The molecular formula is C17H24Cl2N2. The fraction of sp³-hybridized carbons (Fsp3) is 0.647. The zero-order chi connectivity index (χ0) is 14.8. The Morgan fingerprint density at radius 3 is 2.29 bits per heavy atom. The van der Waals surface area contributed by atoms with Crippen molar-refractivity contribution in [2.75, 3.05) is 11.4 Å². The Kier molecular flexibility index (Phi) is 4.98. The van der Waals surface area contributed by atoms with E-state index in [1.54, 1.807) is 0 Å². The zero-order valence-electron chi connectivity index (χ0n) is 12.6. The minimum atomic E-state index is 0.626. The summed E-state index contributed by atoms with van der Waals surface area (Å²) in [4.78, 5) is 2.59. The molecule has 2 fully saturated rings. The van der Waals surface area contributed by atoms with Crippen molar-refractivity contribution < 1.29 is 0 Å². The molecule has 1 aromatic rings. The molecule has 2 aliphatic heterocycles. The van der Waals surface area contributed by atoms with E-state index in [9.17, 15) is 0 Å². The van der Waals surface area contributed by atoms with Gasteiger partial charge in [-0.2, -0.15) is 0 Å². The van der Waals surface area contributed by atoms with E-state index in [0.717, 1.165) is 16.6 Å². The number of fused-ring (bicyclic) bond motifs is 2. The third-order valence-corrected chi connectivity index (χ3v) is 5.24. The van der Waals surface area contributed by atoms with Crippen LogP contribution in [0.1, 0.15) is 45.4 Å². The van der Waals surface area contributed by atoms with Crippen LogP contribution in [0, 0.1) is 0 Å². The summed E-state index contributed by atoms with van der Waals surface area (Å²) in [6.07, 6.45) is 7.59. The highest BCUT2D eigenvalue weighted by molar-refractivity contribution is 6.35. The van der Waals surface area contributed by atoms with Crippen molar-refractivity contribution in [1.29, 1.82) is 0 Å². The molecule has 21 heavy (non-hydrogen) atoms. The van der Waals surface area contributed by atoms with E-state index in [1.807, 2.05) is 6.07 Å². The van der Waals surface area contributed by atoms with Gasteiger partial charge in [-0.3, -0.25) is 0 Å². The van der Waals surface area contributed by atoms with Crippen molar-refractivity contribution in [2.24, 2.45) is 0 Å². The molecule has 0 spiro atoms. The monoisotopic (exact) mass is 326 g/mol. The average molecular weight is 327 g/mol. The van der Waals surface area contributed by atoms with E-state index in [-0.39, 0.29) is 0 Å². The van der Waals surface area contributed by atoms with Gasteiger partial charge >= 0.3 is 0 Å². The predicted octanol–water partition coefficient (Wildman–Crippen LogP) is 4.88. The highest BCUT2D eigenvalue weighted by Crippen LogP contribution is 2.39. The maximum atomic E-state index is 6.20. The van der Waals surface area contributed by atoms with Crippen molar-refractivity contribution in [2.45, 2.75) is 63.6 Å². The lowest BCUT2D eigenvalue weighted by molar-refractivity contribution is 0.246. The van der Waals surface area contributed by atoms with Gasteiger partial charge in [-0.15, -0.1) is 0 Å². The molecule has 2 bridgehead atoms. The number of piperidine rings is 2. The maximum Gasteiger partial charge on any atom is 0.0441 e. The first-order valence-electron chi connectivity index (χ1n) is 8.15. The molecule has 2 nitrogen and oxygen atoms in total. The van der Waals surface area contributed by atoms with Crippen molar-refractivity contribution >= 4 is 28.9 Å². The van der Waals surface area contributed by atoms with Crippen LogP contribution in [0.4, 0.5) is 5.69 Å². The second kappa shape index (κ2) is 6.76. The minimum Gasteiger partial charge on any atom is -0.365 e. The molecule has 1 aromatic carbocycles. The molecule has 2 aliphatic rings. The predicted molar refractivity (Wildman–Crippen MR) is 91.7 cm³/mol. The Hall–Kier alpha value is -0.440. The molecule has 2 heterocycles. The van der Waals surface area contributed by atoms with Crippen LogP contribution >= 0.6 is 23.2 Å². The summed E-state index contributed by atoms with van der Waals surface area (Å²) in [6.45, 7) is 3.37. The Labute approximate surface area is 137 Å². The molecule has 2 unspecified atom stereocenters. The number of nitrogens with one attached hydrogen (secondary N) is 1. The molecule has 0 aliphatic carbocycles. The lowest BCUT2D eigenvalue weighted by atomic mass is 9.81. The normalized spacial score (nSPS) is 28.7. The van der Waals surface area contributed by atoms with Gasteiger partial charge < -0.3 is 10.2 Å². The second-order valence-corrected chi connectivity index (χ2v) is 7.27. The molecule has 116 valence electrons. The van der Waals surface area contributed by atoms with Crippen LogP contribution in [-0.4, -0.2) is 24.7 Å². The van der Waals surface area contributed by atoms with Gasteiger partial charge in [0.2, 0.25) is 0 Å². The largest absolute Gasteiger partial charge is 0.365 e. The van der Waals surface area contributed by atoms with Gasteiger partial charge in [-0.05, 0) is 63.3 Å². The molecular weight excluding hydrogens is 303 g/mol. The minimum absolute atomic E-state index is 0.626. The van der Waals surface area contributed by atoms with Gasteiger partial charge in [0.1, 0.15) is 0 Å². The fourth-order valence-corrected chi connectivity index (χ4v) is 4.52. The second-order valence-electron chi connectivity index (χ2n) is 6.40. The van der Waals surface area contributed by atoms with Crippen LogP contribution < -0.4 is 10.2 Å². The van der Waals surface area contributed by atoms with Gasteiger partial charge in [-0.25, -0.2) is 0 Å². The maximum absolute atomic E-state index is 6.20. The van der Waals surface area contributed by atoms with Crippen molar-refractivity contribution in [3.63, 3.8) is 0 Å². The summed E-state index contributed by atoms with van der Waals surface area (Å²) in [6, 6.07) is 7.88. The number of anilines is 1. The van der Waals surface area contributed by atoms with Crippen molar-refractivity contribution in [3.05, 3.63) is 28.2 Å². The van der Waals surface area contributed by atoms with Crippen LogP contribution in [0.15, 0.2) is 18.2 Å². The van der Waals surface area contributed by atoms with E-state index in [4.69, 9.17) is 23.2 Å². The summed E-state index contributed by atoms with van der Waals surface area (Å²) in [5.41, 5.74) is 1.20. The van der Waals surface area contributed by atoms with Crippen LogP contribution in [0.2, 0.25) is 10.0 Å². The van der Waals surface area contributed by atoms with Gasteiger partial charge in [0.25, 0.3) is 0 Å². The van der Waals surface area contributed by atoms with Crippen LogP contribution in [0.3, 0.4) is 0 Å². The third-order valence-electron chi connectivity index (χ3n) is 4.80. The van der Waals surface area contributed by atoms with Crippen LogP contribution in [-0.2, 0) is 0 Å². The number of halogens is 2. The molecule has 0 amide bonds. The van der Waals surface area contributed by atoms with Crippen molar-refractivity contribution in [3.8, 4) is 0 Å². The standard InChI is InChI=1S/C17H24Cl2N2/c1-2-6-20-14-10-15-4-3-5-16(11-14)21(15)17-8-12(18)7-13(19)9-17/h7-9,14-16,20H,2-6,10-11H2,1H3. The SMILES string of the molecule is CCCNC1CC2CCCC(C1)N2c1cc(Cl)cc(Cl)c1. The summed E-state index contributed by atoms with van der Waals surface area (Å²) in [7, 11) is 0. The highest BCUT2D eigenvalue weighted by atomic mass is 35.5. The first-order chi connectivity index (χ1) is 10.2. The Balaban J connectivity index is 1.80. The Morgan fingerprint density at radius 1 is 1.10 bits per heavy atom. The number of hydrogen-bond donors (Lipinski definition) is 1. The van der Waals surface area contributed by atoms with Gasteiger partial charge in [0.15, 0.2) is 0 Å². The van der Waals surface area contributed by atoms with E-state index in [2.05, 4.69) is 29.3 Å². The first kappa shape index (κ1) is 15.5. The molecule has 0 radical (unpaired) electrons. The Bertz CT molecular complexity index is 457. The highest BCUT2D eigenvalue weighted by Gasteiger charge is 2.38. The lowest BCUT2D eigenvalue weighted by Gasteiger charge is -2.50. The summed E-state index contributed by atoms with van der Waals surface area (Å²) in [5, 5.41) is 5.19. The quantitative estimate of drug-likeness (QED) is 0.847. The van der Waals surface area contributed by atoms with Crippen LogP contribution in [0.5, 0.6) is 0 Å². The van der Waals surface area contributed by atoms with Gasteiger partial charge in [-0.1, -0.05) is 30.1 Å². The molecule has 1 N–H and O–H groups in total. The summed E-state index contributed by atoms with van der Waals surface area (Å²) >= 11 is 12.4. The van der Waals surface area contributed by atoms with E-state index in [1.165, 1.54) is 44.2 Å². The molecule has 2 saturated heterocycles. The summed E-state index contributed by atoms with van der Waals surface area (Å²) < 4.78 is 0. The first-order valence-corrected chi connectivity index (χ1v) is 8.90. The average Bonchev–Trinajstić information content (AvgIpc) is 2.43. The Morgan fingerprint density at radius 2 is 1.71 bits per heavy atom. The topological polar surface area (TPSA) is 15.3 Å². The zero-order valence-corrected chi connectivity index (χ0v) is 14.1.